The second kappa shape index (κ2) is 8.76. The first-order valence-electron chi connectivity index (χ1n) is 13.4. The van der Waals surface area contributed by atoms with Crippen molar-refractivity contribution in [2.24, 2.45) is 52.3 Å². The average Bonchev–Trinajstić information content (AvgIpc) is 3.09. The van der Waals surface area contributed by atoms with Gasteiger partial charge in [-0.15, -0.1) is 0 Å². The van der Waals surface area contributed by atoms with Crippen molar-refractivity contribution in [3.8, 4) is 6.07 Å². The van der Waals surface area contributed by atoms with Crippen LogP contribution in [-0.2, 0) is 4.74 Å². The van der Waals surface area contributed by atoms with E-state index in [1.54, 1.807) is 7.11 Å². The summed E-state index contributed by atoms with van der Waals surface area (Å²) in [5, 5.41) is 9.80. The fourth-order valence-corrected chi connectivity index (χ4v) is 9.31. The molecule has 0 bridgehead atoms. The van der Waals surface area contributed by atoms with Crippen LogP contribution in [0.5, 0.6) is 0 Å². The molecule has 3 fully saturated rings. The summed E-state index contributed by atoms with van der Waals surface area (Å²) >= 11 is 0. The summed E-state index contributed by atoms with van der Waals surface area (Å²) in [6.07, 6.45) is 14.7. The molecule has 4 aliphatic carbocycles. The molecule has 0 aromatic rings. The normalized spacial score (nSPS) is 43.1. The highest BCUT2D eigenvalue weighted by atomic mass is 16.5. The number of methoxy groups -OCH3 is 1. The molecule has 4 aliphatic rings. The summed E-state index contributed by atoms with van der Waals surface area (Å²) in [5.41, 5.74) is 1.80. The fraction of sp³-hybridized carbons (Fsp3) is 0.897. The van der Waals surface area contributed by atoms with Gasteiger partial charge in [-0.25, -0.2) is 0 Å². The predicted molar refractivity (Wildman–Crippen MR) is 128 cm³/mol. The molecule has 0 aliphatic heterocycles. The first kappa shape index (κ1) is 23.2. The van der Waals surface area contributed by atoms with Crippen molar-refractivity contribution < 1.29 is 4.74 Å². The Morgan fingerprint density at radius 3 is 2.42 bits per heavy atom. The number of hydrogen-bond acceptors (Lipinski definition) is 2. The summed E-state index contributed by atoms with van der Waals surface area (Å²) in [6, 6.07) is 2.52. The average molecular weight is 426 g/mol. The van der Waals surface area contributed by atoms with Crippen LogP contribution in [0, 0.1) is 63.6 Å². The van der Waals surface area contributed by atoms with Crippen molar-refractivity contribution in [3.63, 3.8) is 0 Å². The van der Waals surface area contributed by atoms with Gasteiger partial charge in [-0.3, -0.25) is 0 Å². The molecule has 31 heavy (non-hydrogen) atoms. The Balaban J connectivity index is 1.51. The van der Waals surface area contributed by atoms with E-state index in [2.05, 4.69) is 40.7 Å². The topological polar surface area (TPSA) is 33.0 Å². The number of rotatable bonds is 6. The van der Waals surface area contributed by atoms with Gasteiger partial charge < -0.3 is 4.74 Å². The Morgan fingerprint density at radius 1 is 1.00 bits per heavy atom. The Kier molecular flexibility index (Phi) is 6.55. The zero-order chi connectivity index (χ0) is 22.4. The van der Waals surface area contributed by atoms with Crippen LogP contribution in [0.15, 0.2) is 11.3 Å². The molecule has 0 spiro atoms. The summed E-state index contributed by atoms with van der Waals surface area (Å²) in [4.78, 5) is 0. The number of hydrogen-bond donors (Lipinski definition) is 0. The maximum atomic E-state index is 9.80. The van der Waals surface area contributed by atoms with E-state index in [1.807, 2.05) is 0 Å². The molecule has 174 valence electrons. The van der Waals surface area contributed by atoms with Crippen LogP contribution >= 0.6 is 0 Å². The molecule has 0 N–H and O–H groups in total. The molecule has 3 saturated carbocycles. The number of nitriles is 1. The molecule has 2 heteroatoms. The van der Waals surface area contributed by atoms with Crippen LogP contribution in [0.1, 0.15) is 105 Å². The zero-order valence-electron chi connectivity index (χ0n) is 21.2. The van der Waals surface area contributed by atoms with Gasteiger partial charge in [0.05, 0.1) is 18.8 Å². The lowest BCUT2D eigenvalue weighted by atomic mass is 9.44. The standard InChI is InChI=1S/C29H47NO/c1-19(2)8-7-9-20(3)24-12-13-25-23-11-10-22-16-27(31-6)21(18-30)17-29(22,5)26(23)14-15-28(24,25)4/h19-20,22-26H,7-17H2,1-6H3/t20-,22+,23-,24+,25-,26-,28+,29-/m0/s1. The molecule has 0 saturated heterocycles. The zero-order valence-corrected chi connectivity index (χ0v) is 21.2. The molecule has 8 atom stereocenters. The van der Waals surface area contributed by atoms with Gasteiger partial charge in [0.1, 0.15) is 5.76 Å². The smallest absolute Gasteiger partial charge is 0.109 e. The number of allylic oxidation sites excluding steroid dienone is 2. The van der Waals surface area contributed by atoms with E-state index < -0.39 is 0 Å². The van der Waals surface area contributed by atoms with Gasteiger partial charge in [-0.2, -0.15) is 5.26 Å². The SMILES string of the molecule is COC1=C(C#N)C[C@@]2(C)[C@H](CC[C@@H]3[C@@H]2CC[C@]2(C)[C@@H]([C@@H](C)CCCC(C)C)CC[C@@H]32)C1. The minimum absolute atomic E-state index is 0.304. The maximum absolute atomic E-state index is 9.80. The van der Waals surface area contributed by atoms with E-state index in [9.17, 15) is 5.26 Å². The first-order chi connectivity index (χ1) is 14.7. The Hall–Kier alpha value is -0.970. The van der Waals surface area contributed by atoms with Crippen LogP contribution in [0.4, 0.5) is 0 Å². The van der Waals surface area contributed by atoms with Crippen molar-refractivity contribution in [2.75, 3.05) is 7.11 Å². The highest BCUT2D eigenvalue weighted by Gasteiger charge is 2.60. The number of ether oxygens (including phenoxy) is 1. The molecular formula is C29H47NO. The second-order valence-electron chi connectivity index (χ2n) is 12.8. The van der Waals surface area contributed by atoms with Crippen molar-refractivity contribution in [1.82, 2.24) is 0 Å². The summed E-state index contributed by atoms with van der Waals surface area (Å²) in [6.45, 7) is 12.5. The Morgan fingerprint density at radius 2 is 1.74 bits per heavy atom. The molecule has 0 radical (unpaired) electrons. The van der Waals surface area contributed by atoms with Crippen LogP contribution in [0.3, 0.4) is 0 Å². The van der Waals surface area contributed by atoms with E-state index in [0.717, 1.165) is 59.7 Å². The van der Waals surface area contributed by atoms with Crippen LogP contribution < -0.4 is 0 Å². The van der Waals surface area contributed by atoms with Gasteiger partial charge in [0.15, 0.2) is 0 Å². The summed E-state index contributed by atoms with van der Waals surface area (Å²) in [5.74, 6) is 6.95. The van der Waals surface area contributed by atoms with Crippen LogP contribution in [0.25, 0.3) is 0 Å². The van der Waals surface area contributed by atoms with Gasteiger partial charge in [0.2, 0.25) is 0 Å². The lowest BCUT2D eigenvalue weighted by Gasteiger charge is -2.60. The lowest BCUT2D eigenvalue weighted by Crippen LogP contribution is -2.53. The van der Waals surface area contributed by atoms with E-state index in [-0.39, 0.29) is 0 Å². The predicted octanol–water partition coefficient (Wildman–Crippen LogP) is 8.14. The Bertz CT molecular complexity index is 732. The van der Waals surface area contributed by atoms with E-state index in [4.69, 9.17) is 4.74 Å². The lowest BCUT2D eigenvalue weighted by molar-refractivity contribution is -0.105. The minimum Gasteiger partial charge on any atom is -0.500 e. The third-order valence-electron chi connectivity index (χ3n) is 11.0. The molecule has 0 heterocycles. The van der Waals surface area contributed by atoms with Crippen molar-refractivity contribution in [1.29, 1.82) is 5.26 Å². The van der Waals surface area contributed by atoms with Crippen LogP contribution in [0.2, 0.25) is 0 Å². The van der Waals surface area contributed by atoms with Gasteiger partial charge in [0.25, 0.3) is 0 Å². The maximum Gasteiger partial charge on any atom is 0.109 e. The molecular weight excluding hydrogens is 378 g/mol. The minimum atomic E-state index is 0.304. The summed E-state index contributed by atoms with van der Waals surface area (Å²) < 4.78 is 5.65. The Labute approximate surface area is 192 Å². The summed E-state index contributed by atoms with van der Waals surface area (Å²) in [7, 11) is 1.76. The van der Waals surface area contributed by atoms with Crippen molar-refractivity contribution >= 4 is 0 Å². The van der Waals surface area contributed by atoms with Gasteiger partial charge in [-0.05, 0) is 97.2 Å². The van der Waals surface area contributed by atoms with Crippen molar-refractivity contribution in [3.05, 3.63) is 11.3 Å². The first-order valence-corrected chi connectivity index (χ1v) is 13.4. The van der Waals surface area contributed by atoms with E-state index in [1.165, 1.54) is 57.8 Å². The van der Waals surface area contributed by atoms with Gasteiger partial charge in [-0.1, -0.05) is 53.9 Å². The molecule has 0 aromatic heterocycles. The molecule has 0 unspecified atom stereocenters. The number of fused-ring (bicyclic) bond motifs is 5. The van der Waals surface area contributed by atoms with Gasteiger partial charge in [0, 0.05) is 6.42 Å². The monoisotopic (exact) mass is 425 g/mol. The second-order valence-corrected chi connectivity index (χ2v) is 12.8. The highest BCUT2D eigenvalue weighted by molar-refractivity contribution is 5.31. The quantitative estimate of drug-likeness (QED) is 0.430. The molecule has 0 aromatic carbocycles. The van der Waals surface area contributed by atoms with Crippen molar-refractivity contribution in [2.45, 2.75) is 105 Å². The molecule has 2 nitrogen and oxygen atoms in total. The van der Waals surface area contributed by atoms with E-state index in [0.29, 0.717) is 16.7 Å². The largest absolute Gasteiger partial charge is 0.500 e. The van der Waals surface area contributed by atoms with Gasteiger partial charge >= 0.3 is 0 Å². The third-order valence-corrected chi connectivity index (χ3v) is 11.0. The molecule has 0 amide bonds. The molecule has 4 rings (SSSR count). The highest BCUT2D eigenvalue weighted by Crippen LogP contribution is 2.68. The fourth-order valence-electron chi connectivity index (χ4n) is 9.31. The third kappa shape index (κ3) is 3.87. The number of nitrogens with zero attached hydrogens (tertiary/aromatic N) is 1. The van der Waals surface area contributed by atoms with E-state index >= 15 is 0 Å². The van der Waals surface area contributed by atoms with Crippen LogP contribution in [-0.4, -0.2) is 7.11 Å².